The number of aromatic nitrogens is 2. The smallest absolute Gasteiger partial charge is 0.265 e. The van der Waals surface area contributed by atoms with Crippen molar-refractivity contribution in [3.05, 3.63) is 112 Å². The lowest BCUT2D eigenvalue weighted by Crippen LogP contribution is -2.38. The summed E-state index contributed by atoms with van der Waals surface area (Å²) in [7, 11) is 1.52. The number of benzene rings is 3. The Labute approximate surface area is 290 Å². The average Bonchev–Trinajstić information content (AvgIpc) is 3.56. The van der Waals surface area contributed by atoms with E-state index >= 15 is 4.39 Å². The number of fused-ring (bicyclic) bond motifs is 2. The van der Waals surface area contributed by atoms with Crippen molar-refractivity contribution < 1.29 is 37.3 Å². The molecule has 0 radical (unpaired) electrons. The molecule has 0 bridgehead atoms. The van der Waals surface area contributed by atoms with E-state index in [1.54, 1.807) is 24.4 Å². The highest BCUT2D eigenvalue weighted by Gasteiger charge is 2.30. The molecule has 14 heteroatoms. The number of amides is 2. The number of hydrogen-bond donors (Lipinski definition) is 2. The van der Waals surface area contributed by atoms with E-state index < -0.39 is 29.2 Å². The summed E-state index contributed by atoms with van der Waals surface area (Å²) in [6, 6.07) is 15.5. The van der Waals surface area contributed by atoms with Crippen LogP contribution < -0.4 is 30.4 Å². The van der Waals surface area contributed by atoms with Gasteiger partial charge in [-0.3, -0.25) is 28.8 Å². The van der Waals surface area contributed by atoms with Crippen LogP contribution in [-0.2, 0) is 16.0 Å². The monoisotopic (exact) mass is 697 g/mol. The van der Waals surface area contributed by atoms with Crippen molar-refractivity contribution >= 4 is 28.4 Å². The summed E-state index contributed by atoms with van der Waals surface area (Å²) in [6.07, 6.45) is 2.27. The second-order valence-corrected chi connectivity index (χ2v) is 12.0. The molecule has 7 rings (SSSR count). The number of ether oxygens (including phenoxy) is 4. The molecule has 0 saturated carbocycles. The Morgan fingerprint density at radius 2 is 1.78 bits per heavy atom. The van der Waals surface area contributed by atoms with Gasteiger partial charge in [0.15, 0.2) is 17.7 Å². The van der Waals surface area contributed by atoms with Crippen molar-refractivity contribution in [3.63, 3.8) is 0 Å². The molecule has 1 saturated heterocycles. The molecule has 2 aliphatic rings. The van der Waals surface area contributed by atoms with Crippen LogP contribution >= 0.6 is 0 Å². The van der Waals surface area contributed by atoms with Gasteiger partial charge in [-0.2, -0.15) is 0 Å². The Hall–Kier alpha value is -5.86. The van der Waals surface area contributed by atoms with Crippen LogP contribution in [0.3, 0.4) is 0 Å². The van der Waals surface area contributed by atoms with Crippen molar-refractivity contribution in [3.8, 4) is 28.7 Å². The first-order valence-corrected chi connectivity index (χ1v) is 16.3. The molecule has 2 amide bonds. The molecule has 2 aromatic heterocycles. The minimum Gasteiger partial charge on any atom is -0.491 e. The molecular weight excluding hydrogens is 664 g/mol. The van der Waals surface area contributed by atoms with Crippen LogP contribution in [0.25, 0.3) is 16.6 Å². The Morgan fingerprint density at radius 3 is 2.55 bits per heavy atom. The molecule has 12 nitrogen and oxygen atoms in total. The molecular formula is C37H33F2N5O7. The lowest BCUT2D eigenvalue weighted by atomic mass is 10.1. The quantitative estimate of drug-likeness (QED) is 0.217. The van der Waals surface area contributed by atoms with E-state index in [0.717, 1.165) is 19.2 Å². The van der Waals surface area contributed by atoms with Gasteiger partial charge in [0.2, 0.25) is 0 Å². The maximum Gasteiger partial charge on any atom is 0.265 e. The zero-order valence-electron chi connectivity index (χ0n) is 27.5. The number of halogens is 2. The normalized spacial score (nSPS) is 15.5. The number of pyridine rings is 2. The van der Waals surface area contributed by atoms with Gasteiger partial charge in [-0.1, -0.05) is 0 Å². The van der Waals surface area contributed by atoms with Crippen molar-refractivity contribution in [1.29, 1.82) is 0 Å². The van der Waals surface area contributed by atoms with Gasteiger partial charge in [0, 0.05) is 86.0 Å². The predicted octanol–water partition coefficient (Wildman–Crippen LogP) is 4.47. The van der Waals surface area contributed by atoms with Crippen molar-refractivity contribution in [1.82, 2.24) is 19.8 Å². The molecule has 3 aromatic carbocycles. The average molecular weight is 698 g/mol. The standard InChI is InChI=1S/C37H33F2N5O7/c1-40-36(46)27-18-26-29(19-33(27)49-15-12-43-10-13-48-14-11-43)41-9-8-30(26)50-31-7-4-24(17-28(31)39)42-37(47)34-16-22-21-44(35(45)20-32(22)51-34)25-5-2-23(38)3-6-25/h2-9,17-21,34H,10-16H2,1H3,(H,40,46)(H,42,47). The summed E-state index contributed by atoms with van der Waals surface area (Å²) in [5.74, 6) is -1.32. The molecule has 1 atom stereocenters. The Balaban J connectivity index is 1.04. The third-order valence-electron chi connectivity index (χ3n) is 8.63. The summed E-state index contributed by atoms with van der Waals surface area (Å²) in [4.78, 5) is 45.3. The number of nitrogens with zero attached hydrogens (tertiary/aromatic N) is 3. The number of carbonyl (C=O) groups excluding carboxylic acids is 2. The van der Waals surface area contributed by atoms with Gasteiger partial charge in [-0.25, -0.2) is 8.78 Å². The maximum atomic E-state index is 15.4. The minimum absolute atomic E-state index is 0.120. The summed E-state index contributed by atoms with van der Waals surface area (Å²) >= 11 is 0. The van der Waals surface area contributed by atoms with Gasteiger partial charge in [0.05, 0.1) is 24.3 Å². The molecule has 2 N–H and O–H groups in total. The Morgan fingerprint density at radius 1 is 0.980 bits per heavy atom. The summed E-state index contributed by atoms with van der Waals surface area (Å²) in [5.41, 5.74) is 1.60. The van der Waals surface area contributed by atoms with Crippen molar-refractivity contribution in [2.45, 2.75) is 12.5 Å². The summed E-state index contributed by atoms with van der Waals surface area (Å²) < 4.78 is 53.2. The number of hydrogen-bond acceptors (Lipinski definition) is 9. The Bertz CT molecular complexity index is 2170. The third-order valence-corrected chi connectivity index (χ3v) is 8.63. The topological polar surface area (TPSA) is 133 Å². The van der Waals surface area contributed by atoms with Gasteiger partial charge in [0.25, 0.3) is 17.4 Å². The van der Waals surface area contributed by atoms with Gasteiger partial charge in [-0.05, 0) is 48.5 Å². The lowest BCUT2D eigenvalue weighted by molar-refractivity contribution is -0.122. The minimum atomic E-state index is -0.964. The number of carbonyl (C=O) groups is 2. The van der Waals surface area contributed by atoms with Crippen LogP contribution in [0.15, 0.2) is 83.9 Å². The van der Waals surface area contributed by atoms with E-state index in [4.69, 9.17) is 18.9 Å². The number of nitrogens with one attached hydrogen (secondary N) is 2. The van der Waals surface area contributed by atoms with Crippen LogP contribution in [0.2, 0.25) is 0 Å². The zero-order valence-corrected chi connectivity index (χ0v) is 27.5. The van der Waals surface area contributed by atoms with E-state index in [-0.39, 0.29) is 40.8 Å². The highest BCUT2D eigenvalue weighted by molar-refractivity contribution is 6.02. The molecule has 2 aliphatic heterocycles. The summed E-state index contributed by atoms with van der Waals surface area (Å²) in [5, 5.41) is 5.75. The first kappa shape index (κ1) is 33.6. The molecule has 1 unspecified atom stereocenters. The van der Waals surface area contributed by atoms with Gasteiger partial charge in [0.1, 0.15) is 29.7 Å². The van der Waals surface area contributed by atoms with Crippen LogP contribution in [0.1, 0.15) is 15.9 Å². The number of anilines is 1. The van der Waals surface area contributed by atoms with Gasteiger partial charge in [-0.15, -0.1) is 0 Å². The van der Waals surface area contributed by atoms with Crippen molar-refractivity contribution in [2.75, 3.05) is 51.8 Å². The SMILES string of the molecule is CNC(=O)c1cc2c(Oc3ccc(NC(=O)C4Cc5cn(-c6ccc(F)cc6)c(=O)cc5O4)cc3F)ccnc2cc1OCCN1CCOCC1. The largest absolute Gasteiger partial charge is 0.491 e. The first-order chi connectivity index (χ1) is 24.7. The fourth-order valence-corrected chi connectivity index (χ4v) is 5.95. The Kier molecular flexibility index (Phi) is 9.59. The molecule has 262 valence electrons. The van der Waals surface area contributed by atoms with E-state index in [9.17, 15) is 18.8 Å². The molecule has 1 fully saturated rings. The van der Waals surface area contributed by atoms with E-state index in [0.29, 0.717) is 54.3 Å². The van der Waals surface area contributed by atoms with Crippen LogP contribution in [0.5, 0.6) is 23.0 Å². The van der Waals surface area contributed by atoms with Crippen LogP contribution in [0, 0.1) is 11.6 Å². The molecule has 0 spiro atoms. The molecule has 0 aliphatic carbocycles. The highest BCUT2D eigenvalue weighted by atomic mass is 19.1. The first-order valence-electron chi connectivity index (χ1n) is 16.3. The zero-order chi connectivity index (χ0) is 35.5. The van der Waals surface area contributed by atoms with E-state index in [1.807, 2.05) is 0 Å². The second kappa shape index (κ2) is 14.5. The second-order valence-electron chi connectivity index (χ2n) is 12.0. The predicted molar refractivity (Wildman–Crippen MR) is 183 cm³/mol. The lowest BCUT2D eigenvalue weighted by Gasteiger charge is -2.26. The highest BCUT2D eigenvalue weighted by Crippen LogP contribution is 2.35. The molecule has 5 aromatic rings. The fourth-order valence-electron chi connectivity index (χ4n) is 5.95. The molecule has 4 heterocycles. The fraction of sp³-hybridized carbons (Fsp3) is 0.243. The van der Waals surface area contributed by atoms with Crippen molar-refractivity contribution in [2.24, 2.45) is 0 Å². The third kappa shape index (κ3) is 7.37. The summed E-state index contributed by atoms with van der Waals surface area (Å²) in [6.45, 7) is 3.99. The number of rotatable bonds is 10. The molecule has 51 heavy (non-hydrogen) atoms. The van der Waals surface area contributed by atoms with Gasteiger partial charge >= 0.3 is 0 Å². The van der Waals surface area contributed by atoms with Crippen LogP contribution in [0.4, 0.5) is 14.5 Å². The number of morpholine rings is 1. The maximum absolute atomic E-state index is 15.4. The van der Waals surface area contributed by atoms with Crippen LogP contribution in [-0.4, -0.2) is 78.9 Å². The van der Waals surface area contributed by atoms with E-state index in [1.165, 1.54) is 60.3 Å². The van der Waals surface area contributed by atoms with Gasteiger partial charge < -0.3 is 29.6 Å². The van der Waals surface area contributed by atoms with E-state index in [2.05, 4.69) is 20.5 Å².